The van der Waals surface area contributed by atoms with Crippen LogP contribution in [0, 0.1) is 5.41 Å². The number of hydrogen-bond donors (Lipinski definition) is 2. The average molecular weight is 371 g/mol. The second-order valence-corrected chi connectivity index (χ2v) is 7.40. The van der Waals surface area contributed by atoms with Crippen LogP contribution in [0.1, 0.15) is 34.3 Å². The first kappa shape index (κ1) is 18.4. The molecule has 1 saturated heterocycles. The van der Waals surface area contributed by atoms with Gasteiger partial charge in [0.2, 0.25) is 0 Å². The SMILES string of the molecule is N=Cc1ccc(C(=O)NC2CCN(Cc3ccccc3)CC2)c2ccccc12. The molecule has 4 rings (SSSR count). The molecular weight excluding hydrogens is 346 g/mol. The van der Waals surface area contributed by atoms with E-state index >= 15 is 0 Å². The maximum absolute atomic E-state index is 12.9. The minimum absolute atomic E-state index is 0.0192. The van der Waals surface area contributed by atoms with Gasteiger partial charge in [-0.25, -0.2) is 0 Å². The molecule has 1 aliphatic rings. The predicted molar refractivity (Wildman–Crippen MR) is 114 cm³/mol. The Kier molecular flexibility index (Phi) is 5.49. The van der Waals surface area contributed by atoms with Crippen LogP contribution in [0.3, 0.4) is 0 Å². The van der Waals surface area contributed by atoms with E-state index in [1.165, 1.54) is 11.8 Å². The first-order chi connectivity index (χ1) is 13.7. The molecule has 0 saturated carbocycles. The first-order valence-electron chi connectivity index (χ1n) is 9.84. The largest absolute Gasteiger partial charge is 0.349 e. The van der Waals surface area contributed by atoms with Crippen LogP contribution in [-0.2, 0) is 6.54 Å². The molecule has 0 atom stereocenters. The van der Waals surface area contributed by atoms with Crippen molar-refractivity contribution in [3.63, 3.8) is 0 Å². The molecule has 1 aliphatic heterocycles. The number of amides is 1. The highest BCUT2D eigenvalue weighted by atomic mass is 16.1. The zero-order valence-electron chi connectivity index (χ0n) is 15.9. The Labute approximate surface area is 165 Å². The molecule has 1 fully saturated rings. The van der Waals surface area contributed by atoms with Crippen molar-refractivity contribution in [3.8, 4) is 0 Å². The number of nitrogens with one attached hydrogen (secondary N) is 2. The van der Waals surface area contributed by atoms with E-state index in [4.69, 9.17) is 5.41 Å². The zero-order valence-corrected chi connectivity index (χ0v) is 15.9. The fraction of sp³-hybridized carbons (Fsp3) is 0.250. The van der Waals surface area contributed by atoms with E-state index in [9.17, 15) is 4.79 Å². The van der Waals surface area contributed by atoms with Gasteiger partial charge in [-0.15, -0.1) is 0 Å². The minimum atomic E-state index is -0.0192. The molecule has 4 nitrogen and oxygen atoms in total. The van der Waals surface area contributed by atoms with E-state index in [1.54, 1.807) is 0 Å². The van der Waals surface area contributed by atoms with Gasteiger partial charge < -0.3 is 10.7 Å². The van der Waals surface area contributed by atoms with Crippen LogP contribution in [0.25, 0.3) is 10.8 Å². The van der Waals surface area contributed by atoms with Crippen LogP contribution in [0.4, 0.5) is 0 Å². The van der Waals surface area contributed by atoms with E-state index < -0.39 is 0 Å². The van der Waals surface area contributed by atoms with E-state index in [1.807, 2.05) is 42.5 Å². The normalized spacial score (nSPS) is 15.4. The summed E-state index contributed by atoms with van der Waals surface area (Å²) in [4.78, 5) is 15.4. The van der Waals surface area contributed by atoms with Gasteiger partial charge >= 0.3 is 0 Å². The van der Waals surface area contributed by atoms with Crippen LogP contribution in [-0.4, -0.2) is 36.2 Å². The number of piperidine rings is 1. The Morgan fingerprint density at radius 3 is 2.36 bits per heavy atom. The van der Waals surface area contributed by atoms with Gasteiger partial charge in [-0.1, -0.05) is 60.7 Å². The van der Waals surface area contributed by atoms with Gasteiger partial charge in [0.1, 0.15) is 0 Å². The summed E-state index contributed by atoms with van der Waals surface area (Å²) in [6, 6.07) is 22.2. The molecule has 28 heavy (non-hydrogen) atoms. The highest BCUT2D eigenvalue weighted by Crippen LogP contribution is 2.23. The third-order valence-electron chi connectivity index (χ3n) is 5.53. The molecule has 0 unspecified atom stereocenters. The second-order valence-electron chi connectivity index (χ2n) is 7.40. The lowest BCUT2D eigenvalue weighted by Crippen LogP contribution is -2.44. The summed E-state index contributed by atoms with van der Waals surface area (Å²) < 4.78 is 0. The molecule has 3 aromatic carbocycles. The molecule has 0 spiro atoms. The molecule has 142 valence electrons. The predicted octanol–water partition coefficient (Wildman–Crippen LogP) is 4.23. The summed E-state index contributed by atoms with van der Waals surface area (Å²) >= 11 is 0. The van der Waals surface area contributed by atoms with Crippen molar-refractivity contribution < 1.29 is 4.79 Å². The van der Waals surface area contributed by atoms with E-state index in [0.29, 0.717) is 5.56 Å². The molecule has 0 aliphatic carbocycles. The molecular formula is C24H25N3O. The van der Waals surface area contributed by atoms with Crippen molar-refractivity contribution in [2.45, 2.75) is 25.4 Å². The molecule has 0 radical (unpaired) electrons. The molecule has 3 aromatic rings. The second kappa shape index (κ2) is 8.36. The van der Waals surface area contributed by atoms with Gasteiger partial charge in [0.05, 0.1) is 0 Å². The third kappa shape index (κ3) is 3.97. The maximum Gasteiger partial charge on any atom is 0.252 e. The Morgan fingerprint density at radius 1 is 0.964 bits per heavy atom. The Balaban J connectivity index is 1.40. The van der Waals surface area contributed by atoms with Crippen LogP contribution >= 0.6 is 0 Å². The van der Waals surface area contributed by atoms with Gasteiger partial charge in [-0.3, -0.25) is 9.69 Å². The summed E-state index contributed by atoms with van der Waals surface area (Å²) in [6.45, 7) is 2.96. The minimum Gasteiger partial charge on any atom is -0.349 e. The van der Waals surface area contributed by atoms with Crippen molar-refractivity contribution in [3.05, 3.63) is 83.4 Å². The van der Waals surface area contributed by atoms with E-state index in [0.717, 1.165) is 48.8 Å². The molecule has 0 bridgehead atoms. The zero-order chi connectivity index (χ0) is 19.3. The van der Waals surface area contributed by atoms with Crippen molar-refractivity contribution in [2.75, 3.05) is 13.1 Å². The fourth-order valence-electron chi connectivity index (χ4n) is 3.99. The lowest BCUT2D eigenvalue weighted by Gasteiger charge is -2.32. The Morgan fingerprint density at radius 2 is 1.64 bits per heavy atom. The summed E-state index contributed by atoms with van der Waals surface area (Å²) in [5, 5.41) is 12.7. The lowest BCUT2D eigenvalue weighted by molar-refractivity contribution is 0.0910. The van der Waals surface area contributed by atoms with E-state index in [2.05, 4.69) is 34.5 Å². The van der Waals surface area contributed by atoms with E-state index in [-0.39, 0.29) is 11.9 Å². The molecule has 1 amide bonds. The molecule has 2 N–H and O–H groups in total. The molecule has 0 aromatic heterocycles. The number of benzene rings is 3. The van der Waals surface area contributed by atoms with Crippen LogP contribution in [0.2, 0.25) is 0 Å². The quantitative estimate of drug-likeness (QED) is 0.660. The van der Waals surface area contributed by atoms with Gasteiger partial charge in [-0.05, 0) is 40.8 Å². The van der Waals surface area contributed by atoms with Gasteiger partial charge in [0.25, 0.3) is 5.91 Å². The fourth-order valence-corrected chi connectivity index (χ4v) is 3.99. The standard InChI is InChI=1S/C24H25N3O/c25-16-19-10-11-23(22-9-5-4-8-21(19)22)24(28)26-20-12-14-27(15-13-20)17-18-6-2-1-3-7-18/h1-11,16,20,25H,12-15,17H2,(H,26,28). The number of hydrogen-bond acceptors (Lipinski definition) is 3. The number of rotatable bonds is 5. The topological polar surface area (TPSA) is 56.2 Å². The van der Waals surface area contributed by atoms with Crippen molar-refractivity contribution in [2.24, 2.45) is 0 Å². The highest BCUT2D eigenvalue weighted by molar-refractivity contribution is 6.11. The monoisotopic (exact) mass is 371 g/mol. The maximum atomic E-state index is 12.9. The summed E-state index contributed by atoms with van der Waals surface area (Å²) in [5.74, 6) is -0.0192. The van der Waals surface area contributed by atoms with Crippen LogP contribution < -0.4 is 5.32 Å². The van der Waals surface area contributed by atoms with Crippen molar-refractivity contribution in [1.29, 1.82) is 5.41 Å². The molecule has 1 heterocycles. The number of nitrogens with zero attached hydrogens (tertiary/aromatic N) is 1. The third-order valence-corrected chi connectivity index (χ3v) is 5.53. The van der Waals surface area contributed by atoms with Crippen LogP contribution in [0.15, 0.2) is 66.7 Å². The highest BCUT2D eigenvalue weighted by Gasteiger charge is 2.22. The first-order valence-corrected chi connectivity index (χ1v) is 9.84. The number of fused-ring (bicyclic) bond motifs is 1. The molecule has 4 heteroatoms. The van der Waals surface area contributed by atoms with Crippen molar-refractivity contribution in [1.82, 2.24) is 10.2 Å². The smallest absolute Gasteiger partial charge is 0.252 e. The summed E-state index contributed by atoms with van der Waals surface area (Å²) in [5.41, 5.74) is 2.86. The summed E-state index contributed by atoms with van der Waals surface area (Å²) in [7, 11) is 0. The number of carbonyl (C=O) groups is 1. The van der Waals surface area contributed by atoms with Gasteiger partial charge in [-0.2, -0.15) is 0 Å². The van der Waals surface area contributed by atoms with Crippen LogP contribution in [0.5, 0.6) is 0 Å². The number of likely N-dealkylation sites (tertiary alicyclic amines) is 1. The number of carbonyl (C=O) groups excluding carboxylic acids is 1. The van der Waals surface area contributed by atoms with Crippen molar-refractivity contribution >= 4 is 22.9 Å². The summed E-state index contributed by atoms with van der Waals surface area (Å²) in [6.07, 6.45) is 3.27. The average Bonchev–Trinajstić information content (AvgIpc) is 2.75. The Hall–Kier alpha value is -2.98. The van der Waals surface area contributed by atoms with Gasteiger partial charge in [0.15, 0.2) is 0 Å². The van der Waals surface area contributed by atoms with Gasteiger partial charge in [0, 0.05) is 37.5 Å². The Bertz CT molecular complexity index is 976. The lowest BCUT2D eigenvalue weighted by atomic mass is 9.98.